The Kier molecular flexibility index (Phi) is 10.2. The van der Waals surface area contributed by atoms with Gasteiger partial charge in [-0.2, -0.15) is 4.98 Å². The highest BCUT2D eigenvalue weighted by Gasteiger charge is 2.20. The predicted octanol–water partition coefficient (Wildman–Crippen LogP) is 3.85. The van der Waals surface area contributed by atoms with Gasteiger partial charge in [-0.15, -0.1) is 11.3 Å². The van der Waals surface area contributed by atoms with Crippen molar-refractivity contribution in [2.24, 2.45) is 5.73 Å². The molecule has 37 heavy (non-hydrogen) atoms. The lowest BCUT2D eigenvalue weighted by Crippen LogP contribution is -2.33. The topological polar surface area (TPSA) is 135 Å². The maximum absolute atomic E-state index is 11.0. The lowest BCUT2D eigenvalue weighted by molar-refractivity contribution is -0.127. The van der Waals surface area contributed by atoms with E-state index in [1.165, 1.54) is 10.4 Å². The molecule has 4 N–H and O–H groups in total. The lowest BCUT2D eigenvalue weighted by atomic mass is 10.0. The number of aromatic nitrogens is 2. The van der Waals surface area contributed by atoms with E-state index in [1.807, 2.05) is 26.0 Å². The molecule has 0 spiro atoms. The number of carbonyl (C=O) groups excluding carboxylic acids is 1. The molecule has 9 nitrogen and oxygen atoms in total. The van der Waals surface area contributed by atoms with Gasteiger partial charge >= 0.3 is 0 Å². The molecule has 0 fully saturated rings. The summed E-state index contributed by atoms with van der Waals surface area (Å²) in [6, 6.07) is 5.98. The molecule has 202 valence electrons. The van der Waals surface area contributed by atoms with Crippen LogP contribution in [-0.2, 0) is 17.8 Å². The number of aryl methyl sites for hydroxylation is 3. The van der Waals surface area contributed by atoms with Crippen LogP contribution in [0, 0.1) is 13.8 Å². The zero-order valence-electron chi connectivity index (χ0n) is 22.3. The second-order valence-corrected chi connectivity index (χ2v) is 10.4. The van der Waals surface area contributed by atoms with E-state index >= 15 is 0 Å². The van der Waals surface area contributed by atoms with E-state index in [-0.39, 0.29) is 13.0 Å². The molecule has 0 saturated carbocycles. The fraction of sp³-hybridized carbons (Fsp3) is 0.519. The predicted molar refractivity (Wildman–Crippen MR) is 144 cm³/mol. The van der Waals surface area contributed by atoms with Crippen molar-refractivity contribution in [1.29, 1.82) is 0 Å². The number of aliphatic hydroxyl groups excluding tert-OH is 2. The molecule has 0 radical (unpaired) electrons. The molecular formula is C27H38N4O5S. The number of rotatable bonds is 14. The zero-order valence-corrected chi connectivity index (χ0v) is 23.1. The highest BCUT2D eigenvalue weighted by Crippen LogP contribution is 2.34. The van der Waals surface area contributed by atoms with E-state index in [2.05, 4.69) is 41.9 Å². The van der Waals surface area contributed by atoms with E-state index in [1.54, 1.807) is 11.3 Å². The lowest BCUT2D eigenvalue weighted by Gasteiger charge is -2.18. The Hall–Kier alpha value is -2.79. The van der Waals surface area contributed by atoms with E-state index in [0.29, 0.717) is 23.9 Å². The number of thiophene rings is 1. The van der Waals surface area contributed by atoms with Crippen molar-refractivity contribution in [3.63, 3.8) is 0 Å². The molecule has 2 aromatic heterocycles. The molecule has 3 aromatic rings. The van der Waals surface area contributed by atoms with Gasteiger partial charge in [0, 0.05) is 23.4 Å². The van der Waals surface area contributed by atoms with Crippen LogP contribution in [0.3, 0.4) is 0 Å². The summed E-state index contributed by atoms with van der Waals surface area (Å²) >= 11 is 1.69. The summed E-state index contributed by atoms with van der Waals surface area (Å²) in [4.78, 5) is 20.4. The van der Waals surface area contributed by atoms with E-state index in [0.717, 1.165) is 47.6 Å². The van der Waals surface area contributed by atoms with Crippen LogP contribution in [0.5, 0.6) is 5.75 Å². The minimum absolute atomic E-state index is 0.0718. The molecule has 10 heteroatoms. The largest absolute Gasteiger partial charge is 0.490 e. The van der Waals surface area contributed by atoms with Crippen LogP contribution in [0.1, 0.15) is 55.2 Å². The van der Waals surface area contributed by atoms with Gasteiger partial charge in [-0.3, -0.25) is 9.69 Å². The minimum Gasteiger partial charge on any atom is -0.490 e. The standard InChI is InChI=1S/C27H38N4O5S/c1-6-9-31(8-3)14-23-16(4)11-22(37-23)27-29-26(30-36-27)19-10-17(5)24(18(7-2)12-19)35-15-20(32)13-21(33)25(28)34/h10-12,20-21,32-33H,6-9,13-15H2,1-5H3,(H2,28,34)/t20-,21?/m0/s1. The smallest absolute Gasteiger partial charge is 0.268 e. The summed E-state index contributed by atoms with van der Waals surface area (Å²) in [6.07, 6.45) is -0.811. The normalized spacial score (nSPS) is 13.2. The van der Waals surface area contributed by atoms with Gasteiger partial charge < -0.3 is 25.2 Å². The van der Waals surface area contributed by atoms with Crippen LogP contribution < -0.4 is 10.5 Å². The first kappa shape index (κ1) is 28.8. The van der Waals surface area contributed by atoms with Gasteiger partial charge in [-0.25, -0.2) is 0 Å². The SMILES string of the molecule is CCCN(CC)Cc1sc(-c2nc(-c3cc(C)c(OC[C@@H](O)CC(O)C(N)=O)c(CC)c3)no2)cc1C. The summed E-state index contributed by atoms with van der Waals surface area (Å²) < 4.78 is 11.5. The Bertz CT molecular complexity index is 1190. The fourth-order valence-corrected chi connectivity index (χ4v) is 5.30. The number of nitrogens with zero attached hydrogens (tertiary/aromatic N) is 3. The maximum Gasteiger partial charge on any atom is 0.268 e. The molecule has 0 bridgehead atoms. The first-order chi connectivity index (χ1) is 17.7. The van der Waals surface area contributed by atoms with Crippen molar-refractivity contribution in [3.8, 4) is 27.9 Å². The van der Waals surface area contributed by atoms with Crippen LogP contribution in [0.4, 0.5) is 0 Å². The van der Waals surface area contributed by atoms with Gasteiger partial charge in [0.15, 0.2) is 0 Å². The van der Waals surface area contributed by atoms with Crippen molar-refractivity contribution in [3.05, 3.63) is 39.8 Å². The summed E-state index contributed by atoms with van der Waals surface area (Å²) in [7, 11) is 0. The van der Waals surface area contributed by atoms with Crippen molar-refractivity contribution in [1.82, 2.24) is 15.0 Å². The van der Waals surface area contributed by atoms with Gasteiger partial charge in [0.1, 0.15) is 18.5 Å². The van der Waals surface area contributed by atoms with Gasteiger partial charge in [0.2, 0.25) is 11.7 Å². The number of primary amides is 1. The van der Waals surface area contributed by atoms with Crippen LogP contribution in [0.2, 0.25) is 0 Å². The Morgan fingerprint density at radius 1 is 1.19 bits per heavy atom. The van der Waals surface area contributed by atoms with Crippen LogP contribution in [0.15, 0.2) is 22.7 Å². The number of nitrogens with two attached hydrogens (primary N) is 1. The van der Waals surface area contributed by atoms with Gasteiger partial charge in [0.05, 0.1) is 11.0 Å². The second-order valence-electron chi connectivity index (χ2n) is 9.26. The van der Waals surface area contributed by atoms with Crippen molar-refractivity contribution in [2.75, 3.05) is 19.7 Å². The molecule has 1 aromatic carbocycles. The Morgan fingerprint density at radius 3 is 2.59 bits per heavy atom. The molecule has 0 aliphatic rings. The minimum atomic E-state index is -1.41. The highest BCUT2D eigenvalue weighted by molar-refractivity contribution is 7.15. The molecule has 1 unspecified atom stereocenters. The van der Waals surface area contributed by atoms with Crippen LogP contribution >= 0.6 is 11.3 Å². The summed E-state index contributed by atoms with van der Waals surface area (Å²) in [5.74, 6) is 0.771. The van der Waals surface area contributed by atoms with E-state index in [4.69, 9.17) is 15.0 Å². The van der Waals surface area contributed by atoms with Crippen molar-refractivity contribution < 1.29 is 24.3 Å². The zero-order chi connectivity index (χ0) is 27.1. The number of carbonyl (C=O) groups is 1. The van der Waals surface area contributed by atoms with Crippen molar-refractivity contribution >= 4 is 17.2 Å². The summed E-state index contributed by atoms with van der Waals surface area (Å²) in [5, 5.41) is 23.9. The van der Waals surface area contributed by atoms with Crippen molar-refractivity contribution in [2.45, 2.75) is 72.6 Å². The summed E-state index contributed by atoms with van der Waals surface area (Å²) in [5.41, 5.74) is 8.88. The molecule has 2 heterocycles. The number of hydrogen-bond acceptors (Lipinski definition) is 9. The van der Waals surface area contributed by atoms with E-state index in [9.17, 15) is 15.0 Å². The van der Waals surface area contributed by atoms with Gasteiger partial charge in [0.25, 0.3) is 5.89 Å². The molecule has 1 amide bonds. The maximum atomic E-state index is 11.0. The highest BCUT2D eigenvalue weighted by atomic mass is 32.1. The number of ether oxygens (including phenoxy) is 1. The van der Waals surface area contributed by atoms with Crippen LogP contribution in [-0.4, -0.2) is 63.1 Å². The van der Waals surface area contributed by atoms with Gasteiger partial charge in [-0.1, -0.05) is 25.9 Å². The Morgan fingerprint density at radius 2 is 1.95 bits per heavy atom. The third-order valence-electron chi connectivity index (χ3n) is 6.25. The third kappa shape index (κ3) is 7.38. The molecule has 2 atom stereocenters. The van der Waals surface area contributed by atoms with Crippen LogP contribution in [0.25, 0.3) is 22.2 Å². The number of hydrogen-bond donors (Lipinski definition) is 3. The number of aliphatic hydroxyl groups is 2. The first-order valence-electron chi connectivity index (χ1n) is 12.7. The average Bonchev–Trinajstić information content (AvgIpc) is 3.49. The van der Waals surface area contributed by atoms with E-state index < -0.39 is 18.1 Å². The second kappa shape index (κ2) is 13.1. The third-order valence-corrected chi connectivity index (χ3v) is 7.46. The number of benzene rings is 1. The quantitative estimate of drug-likeness (QED) is 0.286. The molecule has 0 saturated heterocycles. The molecule has 0 aliphatic carbocycles. The average molecular weight is 531 g/mol. The summed E-state index contributed by atoms with van der Waals surface area (Å²) in [6.45, 7) is 13.3. The van der Waals surface area contributed by atoms with Gasteiger partial charge in [-0.05, 0) is 74.7 Å². The fourth-order valence-electron chi connectivity index (χ4n) is 4.16. The molecule has 0 aliphatic heterocycles. The first-order valence-corrected chi connectivity index (χ1v) is 13.6. The Labute approximate surface area is 222 Å². The molecular weight excluding hydrogens is 492 g/mol. The number of amides is 1. The monoisotopic (exact) mass is 530 g/mol. The Balaban J connectivity index is 1.77. The molecule has 3 rings (SSSR count).